The molecule has 1 saturated heterocycles. The van der Waals surface area contributed by atoms with Gasteiger partial charge in [0.2, 0.25) is 0 Å². The molecule has 0 radical (unpaired) electrons. The van der Waals surface area contributed by atoms with E-state index in [9.17, 15) is 9.18 Å². The molecule has 3 rings (SSSR count). The van der Waals surface area contributed by atoms with E-state index in [-0.39, 0.29) is 11.7 Å². The van der Waals surface area contributed by atoms with Crippen LogP contribution in [0, 0.1) is 11.7 Å². The van der Waals surface area contributed by atoms with Crippen LogP contribution in [0.1, 0.15) is 22.5 Å². The Hall–Kier alpha value is -1.66. The van der Waals surface area contributed by atoms with Crippen molar-refractivity contribution in [2.75, 3.05) is 25.5 Å². The average Bonchev–Trinajstić information content (AvgIpc) is 2.83. The summed E-state index contributed by atoms with van der Waals surface area (Å²) in [6.07, 6.45) is 2.10. The number of hydrogen-bond donors (Lipinski definition) is 2. The zero-order valence-corrected chi connectivity index (χ0v) is 12.3. The van der Waals surface area contributed by atoms with Crippen LogP contribution < -0.4 is 11.1 Å². The maximum absolute atomic E-state index is 13.3. The fraction of sp³-hybridized carbons (Fsp3) is 0.400. The van der Waals surface area contributed by atoms with Crippen LogP contribution in [0.5, 0.6) is 0 Å². The van der Waals surface area contributed by atoms with E-state index >= 15 is 0 Å². The molecule has 1 fully saturated rings. The SMILES string of the molecule is Nc1c(C(=O)NCC2CCCOC2)sc2ccc(F)cc12. The Bertz CT molecular complexity index is 665. The quantitative estimate of drug-likeness (QED) is 0.916. The van der Waals surface area contributed by atoms with Crippen LogP contribution in [-0.4, -0.2) is 25.7 Å². The van der Waals surface area contributed by atoms with Crippen molar-refractivity contribution in [1.29, 1.82) is 0 Å². The summed E-state index contributed by atoms with van der Waals surface area (Å²) in [5.41, 5.74) is 6.33. The van der Waals surface area contributed by atoms with Crippen LogP contribution >= 0.6 is 11.3 Å². The summed E-state index contributed by atoms with van der Waals surface area (Å²) in [7, 11) is 0. The van der Waals surface area contributed by atoms with Crippen molar-refractivity contribution in [3.8, 4) is 0 Å². The monoisotopic (exact) mass is 308 g/mol. The van der Waals surface area contributed by atoms with Gasteiger partial charge in [0, 0.05) is 23.2 Å². The van der Waals surface area contributed by atoms with Crippen molar-refractivity contribution in [1.82, 2.24) is 5.32 Å². The Labute approximate surface area is 126 Å². The van der Waals surface area contributed by atoms with Gasteiger partial charge in [-0.3, -0.25) is 4.79 Å². The number of nitrogen functional groups attached to an aromatic ring is 1. The minimum Gasteiger partial charge on any atom is -0.397 e. The van der Waals surface area contributed by atoms with Gasteiger partial charge in [-0.15, -0.1) is 11.3 Å². The number of thiophene rings is 1. The van der Waals surface area contributed by atoms with Gasteiger partial charge >= 0.3 is 0 Å². The van der Waals surface area contributed by atoms with Crippen molar-refractivity contribution in [3.63, 3.8) is 0 Å². The number of amides is 1. The first-order valence-electron chi connectivity index (χ1n) is 6.98. The summed E-state index contributed by atoms with van der Waals surface area (Å²) in [5, 5.41) is 3.51. The molecule has 0 spiro atoms. The third-order valence-electron chi connectivity index (χ3n) is 3.70. The van der Waals surface area contributed by atoms with Crippen molar-refractivity contribution in [2.45, 2.75) is 12.8 Å². The largest absolute Gasteiger partial charge is 0.397 e. The molecule has 3 N–H and O–H groups in total. The number of nitrogens with two attached hydrogens (primary N) is 1. The molecule has 1 aliphatic heterocycles. The Morgan fingerprint density at radius 2 is 2.38 bits per heavy atom. The molecule has 6 heteroatoms. The lowest BCUT2D eigenvalue weighted by molar-refractivity contribution is 0.0537. The van der Waals surface area contributed by atoms with Gasteiger partial charge in [-0.1, -0.05) is 0 Å². The van der Waals surface area contributed by atoms with Gasteiger partial charge in [0.1, 0.15) is 10.7 Å². The van der Waals surface area contributed by atoms with E-state index < -0.39 is 0 Å². The summed E-state index contributed by atoms with van der Waals surface area (Å²) in [6.45, 7) is 2.08. The number of carbonyl (C=O) groups excluding carboxylic acids is 1. The predicted molar refractivity (Wildman–Crippen MR) is 82.1 cm³/mol. The first kappa shape index (κ1) is 14.3. The third-order valence-corrected chi connectivity index (χ3v) is 4.89. The lowest BCUT2D eigenvalue weighted by Crippen LogP contribution is -2.33. The van der Waals surface area contributed by atoms with Crippen molar-refractivity contribution in [2.24, 2.45) is 5.92 Å². The number of anilines is 1. The number of rotatable bonds is 3. The highest BCUT2D eigenvalue weighted by atomic mass is 32.1. The van der Waals surface area contributed by atoms with Crippen LogP contribution in [-0.2, 0) is 4.74 Å². The number of nitrogens with one attached hydrogen (secondary N) is 1. The van der Waals surface area contributed by atoms with Crippen molar-refractivity contribution in [3.05, 3.63) is 28.9 Å². The predicted octanol–water partition coefficient (Wildman–Crippen LogP) is 2.78. The van der Waals surface area contributed by atoms with Crippen LogP contribution in [0.2, 0.25) is 0 Å². The Morgan fingerprint density at radius 1 is 1.52 bits per heavy atom. The number of hydrogen-bond acceptors (Lipinski definition) is 4. The Balaban J connectivity index is 1.73. The molecule has 1 unspecified atom stereocenters. The van der Waals surface area contributed by atoms with E-state index in [1.165, 1.54) is 23.5 Å². The number of benzene rings is 1. The second-order valence-corrected chi connectivity index (χ2v) is 6.33. The molecule has 0 saturated carbocycles. The van der Waals surface area contributed by atoms with Gasteiger partial charge in [0.25, 0.3) is 5.91 Å². The Morgan fingerprint density at radius 3 is 3.14 bits per heavy atom. The number of fused-ring (bicyclic) bond motifs is 1. The van der Waals surface area contributed by atoms with Crippen LogP contribution in [0.4, 0.5) is 10.1 Å². The molecular formula is C15H17FN2O2S. The smallest absolute Gasteiger partial charge is 0.263 e. The molecule has 1 aromatic carbocycles. The highest BCUT2D eigenvalue weighted by Crippen LogP contribution is 2.34. The number of carbonyl (C=O) groups is 1. The first-order valence-corrected chi connectivity index (χ1v) is 7.80. The van der Waals surface area contributed by atoms with Gasteiger partial charge in [-0.2, -0.15) is 0 Å². The zero-order chi connectivity index (χ0) is 14.8. The molecule has 0 aliphatic carbocycles. The first-order chi connectivity index (χ1) is 10.1. The molecule has 2 aromatic rings. The van der Waals surface area contributed by atoms with E-state index in [1.54, 1.807) is 6.07 Å². The maximum atomic E-state index is 13.3. The fourth-order valence-corrected chi connectivity index (χ4v) is 3.56. The highest BCUT2D eigenvalue weighted by Gasteiger charge is 2.19. The molecule has 1 amide bonds. The van der Waals surface area contributed by atoms with E-state index in [0.717, 1.165) is 24.1 Å². The van der Waals surface area contributed by atoms with E-state index in [4.69, 9.17) is 10.5 Å². The van der Waals surface area contributed by atoms with Crippen LogP contribution in [0.15, 0.2) is 18.2 Å². The molecule has 1 aromatic heterocycles. The minimum absolute atomic E-state index is 0.195. The van der Waals surface area contributed by atoms with Gasteiger partial charge < -0.3 is 15.8 Å². The summed E-state index contributed by atoms with van der Waals surface area (Å²) in [6, 6.07) is 4.39. The summed E-state index contributed by atoms with van der Waals surface area (Å²) < 4.78 is 19.5. The summed E-state index contributed by atoms with van der Waals surface area (Å²) in [5.74, 6) is -0.186. The molecule has 112 valence electrons. The van der Waals surface area contributed by atoms with Crippen LogP contribution in [0.3, 0.4) is 0 Å². The molecule has 4 nitrogen and oxygen atoms in total. The standard InChI is InChI=1S/C15H17FN2O2S/c16-10-3-4-12-11(6-10)13(17)14(21-12)15(19)18-7-9-2-1-5-20-8-9/h3-4,6,9H,1-2,5,7-8,17H2,(H,18,19). The molecule has 2 heterocycles. The van der Waals surface area contributed by atoms with Gasteiger partial charge in [-0.25, -0.2) is 4.39 Å². The van der Waals surface area contributed by atoms with E-state index in [2.05, 4.69) is 5.32 Å². The lowest BCUT2D eigenvalue weighted by Gasteiger charge is -2.22. The fourth-order valence-electron chi connectivity index (χ4n) is 2.54. The molecule has 0 bridgehead atoms. The minimum atomic E-state index is -0.349. The normalized spacial score (nSPS) is 18.8. The van der Waals surface area contributed by atoms with Gasteiger partial charge in [0.15, 0.2) is 0 Å². The maximum Gasteiger partial charge on any atom is 0.263 e. The van der Waals surface area contributed by atoms with E-state index in [0.29, 0.717) is 35.0 Å². The van der Waals surface area contributed by atoms with Crippen molar-refractivity contribution < 1.29 is 13.9 Å². The molecular weight excluding hydrogens is 291 g/mol. The van der Waals surface area contributed by atoms with Gasteiger partial charge in [-0.05, 0) is 37.0 Å². The Kier molecular flexibility index (Phi) is 4.07. The second-order valence-electron chi connectivity index (χ2n) is 5.28. The molecule has 21 heavy (non-hydrogen) atoms. The van der Waals surface area contributed by atoms with Crippen molar-refractivity contribution >= 4 is 33.0 Å². The summed E-state index contributed by atoms with van der Waals surface area (Å²) >= 11 is 1.29. The molecule has 1 atom stereocenters. The topological polar surface area (TPSA) is 64.4 Å². The van der Waals surface area contributed by atoms with E-state index in [1.807, 2.05) is 0 Å². The lowest BCUT2D eigenvalue weighted by atomic mass is 10.0. The summed E-state index contributed by atoms with van der Waals surface area (Å²) in [4.78, 5) is 12.7. The second kappa shape index (κ2) is 5.99. The highest BCUT2D eigenvalue weighted by molar-refractivity contribution is 7.21. The zero-order valence-electron chi connectivity index (χ0n) is 11.5. The number of ether oxygens (including phenoxy) is 1. The molecule has 1 aliphatic rings. The van der Waals surface area contributed by atoms with Gasteiger partial charge in [0.05, 0.1) is 12.3 Å². The average molecular weight is 308 g/mol. The number of halogens is 1. The van der Waals surface area contributed by atoms with Crippen LogP contribution in [0.25, 0.3) is 10.1 Å². The third kappa shape index (κ3) is 3.01.